The van der Waals surface area contributed by atoms with Crippen LogP contribution < -0.4 is 0 Å². The Bertz CT molecular complexity index is 178. The van der Waals surface area contributed by atoms with Crippen molar-refractivity contribution in [3.8, 4) is 0 Å². The lowest BCUT2D eigenvalue weighted by molar-refractivity contribution is 0.269. The summed E-state index contributed by atoms with van der Waals surface area (Å²) in [7, 11) is 0. The molecule has 0 spiro atoms. The van der Waals surface area contributed by atoms with Crippen LogP contribution in [0.2, 0.25) is 0 Å². The van der Waals surface area contributed by atoms with Gasteiger partial charge in [0.1, 0.15) is 0 Å². The number of hydrogen-bond acceptors (Lipinski definition) is 0. The lowest BCUT2D eigenvalue weighted by atomic mass is 9.79. The smallest absolute Gasteiger partial charge is 0.0364 e. The molecule has 1 fully saturated rings. The molecule has 0 heterocycles. The van der Waals surface area contributed by atoms with E-state index in [-0.39, 0.29) is 0 Å². The van der Waals surface area contributed by atoms with Crippen LogP contribution in [0.5, 0.6) is 0 Å². The van der Waals surface area contributed by atoms with Crippen molar-refractivity contribution in [2.45, 2.75) is 89.9 Å². The molecule has 1 aliphatic carbocycles. The fraction of sp³-hybridized carbons (Fsp3) is 1.00. The summed E-state index contributed by atoms with van der Waals surface area (Å²) in [6.07, 6.45) is 15.3. The van der Waals surface area contributed by atoms with Gasteiger partial charge in [-0.2, -0.15) is 0 Å². The second-order valence-electron chi connectivity index (χ2n) is 6.10. The molecule has 1 aliphatic rings. The Labute approximate surface area is 114 Å². The van der Waals surface area contributed by atoms with Crippen LogP contribution in [0.3, 0.4) is 0 Å². The normalized spacial score (nSPS) is 29.5. The van der Waals surface area contributed by atoms with Crippen molar-refractivity contribution in [3.05, 3.63) is 0 Å². The average Bonchev–Trinajstić information content (AvgIpc) is 2.32. The van der Waals surface area contributed by atoms with E-state index in [1.807, 2.05) is 0 Å². The summed E-state index contributed by atoms with van der Waals surface area (Å²) in [6, 6.07) is 0. The molecule has 1 rings (SSSR count). The van der Waals surface area contributed by atoms with Crippen LogP contribution in [-0.4, -0.2) is 5.38 Å². The highest BCUT2D eigenvalue weighted by atomic mass is 35.5. The van der Waals surface area contributed by atoms with Crippen LogP contribution in [-0.2, 0) is 0 Å². The van der Waals surface area contributed by atoms with E-state index in [4.69, 9.17) is 11.6 Å². The summed E-state index contributed by atoms with van der Waals surface area (Å²) >= 11 is 6.43. The molecule has 0 nitrogen and oxygen atoms in total. The van der Waals surface area contributed by atoms with E-state index < -0.39 is 0 Å². The molecule has 102 valence electrons. The van der Waals surface area contributed by atoms with Gasteiger partial charge in [0.05, 0.1) is 0 Å². The second-order valence-corrected chi connectivity index (χ2v) is 6.66. The molecule has 0 aromatic heterocycles. The van der Waals surface area contributed by atoms with Crippen molar-refractivity contribution < 1.29 is 0 Å². The quantitative estimate of drug-likeness (QED) is 0.361. The Morgan fingerprint density at radius 2 is 1.59 bits per heavy atom. The van der Waals surface area contributed by atoms with E-state index in [1.165, 1.54) is 70.6 Å². The van der Waals surface area contributed by atoms with Gasteiger partial charge in [0, 0.05) is 5.38 Å². The summed E-state index contributed by atoms with van der Waals surface area (Å²) < 4.78 is 0. The minimum Gasteiger partial charge on any atom is -0.123 e. The highest BCUT2D eigenvalue weighted by Crippen LogP contribution is 2.35. The summed E-state index contributed by atoms with van der Waals surface area (Å²) in [5.74, 6) is 1.73. The zero-order valence-electron chi connectivity index (χ0n) is 11.9. The fourth-order valence-electron chi connectivity index (χ4n) is 3.12. The molecule has 1 saturated carbocycles. The first-order chi connectivity index (χ1) is 8.24. The van der Waals surface area contributed by atoms with Crippen molar-refractivity contribution in [1.82, 2.24) is 0 Å². The molecule has 0 bridgehead atoms. The summed E-state index contributed by atoms with van der Waals surface area (Å²) in [5.41, 5.74) is 0. The molecule has 3 atom stereocenters. The first-order valence-electron chi connectivity index (χ1n) is 7.88. The van der Waals surface area contributed by atoms with E-state index in [1.54, 1.807) is 0 Å². The number of hydrogen-bond donors (Lipinski definition) is 0. The molecular weight excluding hydrogens is 228 g/mol. The zero-order chi connectivity index (χ0) is 12.5. The minimum atomic E-state index is 0.478. The standard InChI is InChI=1S/C16H31Cl/c1-3-4-5-6-7-8-9-10-15-13-14(2)11-12-16(15)17/h14-16H,3-13H2,1-2H3. The number of halogens is 1. The molecule has 0 saturated heterocycles. The van der Waals surface area contributed by atoms with E-state index in [0.29, 0.717) is 5.38 Å². The third-order valence-corrected chi connectivity index (χ3v) is 4.90. The second kappa shape index (κ2) is 9.25. The lowest BCUT2D eigenvalue weighted by Crippen LogP contribution is -2.24. The van der Waals surface area contributed by atoms with Gasteiger partial charge in [-0.15, -0.1) is 11.6 Å². The molecule has 0 aromatic carbocycles. The number of alkyl halides is 1. The largest absolute Gasteiger partial charge is 0.123 e. The molecule has 0 radical (unpaired) electrons. The molecule has 3 unspecified atom stereocenters. The van der Waals surface area contributed by atoms with Crippen molar-refractivity contribution >= 4 is 11.6 Å². The minimum absolute atomic E-state index is 0.478. The van der Waals surface area contributed by atoms with Crippen LogP contribution in [0, 0.1) is 11.8 Å². The van der Waals surface area contributed by atoms with Gasteiger partial charge < -0.3 is 0 Å². The maximum absolute atomic E-state index is 6.43. The molecule has 0 aliphatic heterocycles. The van der Waals surface area contributed by atoms with Crippen LogP contribution in [0.15, 0.2) is 0 Å². The van der Waals surface area contributed by atoms with Crippen LogP contribution >= 0.6 is 11.6 Å². The van der Waals surface area contributed by atoms with Gasteiger partial charge >= 0.3 is 0 Å². The molecule has 0 N–H and O–H groups in total. The Balaban J connectivity index is 1.97. The molecule has 0 aromatic rings. The van der Waals surface area contributed by atoms with Crippen LogP contribution in [0.25, 0.3) is 0 Å². The summed E-state index contributed by atoms with van der Waals surface area (Å²) in [5, 5.41) is 0.478. The summed E-state index contributed by atoms with van der Waals surface area (Å²) in [6.45, 7) is 4.67. The topological polar surface area (TPSA) is 0 Å². The van der Waals surface area contributed by atoms with E-state index in [9.17, 15) is 0 Å². The Morgan fingerprint density at radius 1 is 0.941 bits per heavy atom. The van der Waals surface area contributed by atoms with Gasteiger partial charge in [0.2, 0.25) is 0 Å². The zero-order valence-corrected chi connectivity index (χ0v) is 12.6. The lowest BCUT2D eigenvalue weighted by Gasteiger charge is -2.31. The Morgan fingerprint density at radius 3 is 2.29 bits per heavy atom. The Kier molecular flexibility index (Phi) is 8.35. The fourth-order valence-corrected chi connectivity index (χ4v) is 3.48. The van der Waals surface area contributed by atoms with Crippen molar-refractivity contribution in [2.24, 2.45) is 11.8 Å². The maximum atomic E-state index is 6.43. The first-order valence-corrected chi connectivity index (χ1v) is 8.31. The highest BCUT2D eigenvalue weighted by molar-refractivity contribution is 6.20. The first kappa shape index (κ1) is 15.3. The maximum Gasteiger partial charge on any atom is 0.0364 e. The van der Waals surface area contributed by atoms with Gasteiger partial charge in [0.15, 0.2) is 0 Å². The summed E-state index contributed by atoms with van der Waals surface area (Å²) in [4.78, 5) is 0. The van der Waals surface area contributed by atoms with Crippen molar-refractivity contribution in [3.63, 3.8) is 0 Å². The molecule has 1 heteroatoms. The van der Waals surface area contributed by atoms with Crippen LogP contribution in [0.4, 0.5) is 0 Å². The molecule has 17 heavy (non-hydrogen) atoms. The van der Waals surface area contributed by atoms with Gasteiger partial charge in [0.25, 0.3) is 0 Å². The molecule has 0 amide bonds. The van der Waals surface area contributed by atoms with Gasteiger partial charge in [-0.3, -0.25) is 0 Å². The van der Waals surface area contributed by atoms with Gasteiger partial charge in [-0.05, 0) is 37.5 Å². The predicted molar refractivity (Wildman–Crippen MR) is 78.8 cm³/mol. The monoisotopic (exact) mass is 258 g/mol. The Hall–Kier alpha value is 0.290. The van der Waals surface area contributed by atoms with Crippen molar-refractivity contribution in [2.75, 3.05) is 0 Å². The van der Waals surface area contributed by atoms with E-state index in [0.717, 1.165) is 11.8 Å². The third kappa shape index (κ3) is 6.70. The van der Waals surface area contributed by atoms with Crippen LogP contribution in [0.1, 0.15) is 84.5 Å². The van der Waals surface area contributed by atoms with E-state index in [2.05, 4.69) is 13.8 Å². The van der Waals surface area contributed by atoms with Gasteiger partial charge in [-0.1, -0.05) is 58.8 Å². The highest BCUT2D eigenvalue weighted by Gasteiger charge is 2.26. The number of rotatable bonds is 8. The van der Waals surface area contributed by atoms with Crippen molar-refractivity contribution in [1.29, 1.82) is 0 Å². The SMILES string of the molecule is CCCCCCCCCC1CC(C)CCC1Cl. The molecular formula is C16H31Cl. The van der Waals surface area contributed by atoms with E-state index >= 15 is 0 Å². The van der Waals surface area contributed by atoms with Gasteiger partial charge in [-0.25, -0.2) is 0 Å². The third-order valence-electron chi connectivity index (χ3n) is 4.33. The predicted octanol–water partition coefficient (Wildman–Crippen LogP) is 6.17. The average molecular weight is 259 g/mol. The number of unbranched alkanes of at least 4 members (excludes halogenated alkanes) is 6.